The molecule has 0 fully saturated rings. The van der Waals surface area contributed by atoms with Gasteiger partial charge in [-0.05, 0) is 52.9 Å². The molecule has 0 atom stereocenters. The largest absolute Gasteiger partial charge is 0.506 e. The van der Waals surface area contributed by atoms with Crippen molar-refractivity contribution in [1.82, 2.24) is 9.97 Å². The second-order valence-corrected chi connectivity index (χ2v) is 13.1. The van der Waals surface area contributed by atoms with E-state index in [2.05, 4.69) is 20.0 Å². The van der Waals surface area contributed by atoms with Crippen LogP contribution in [0, 0.1) is 0 Å². The molecule has 0 radical (unpaired) electrons. The third-order valence-electron chi connectivity index (χ3n) is 8.04. The Bertz CT molecular complexity index is 2560. The molecule has 4 heterocycles. The van der Waals surface area contributed by atoms with Gasteiger partial charge in [0, 0.05) is 23.2 Å². The maximum atomic E-state index is 13.0. The highest BCUT2D eigenvalue weighted by molar-refractivity contribution is 7.14. The van der Waals surface area contributed by atoms with Crippen molar-refractivity contribution in [2.75, 3.05) is 0 Å². The quantitative estimate of drug-likeness (QED) is 0.118. The zero-order valence-corrected chi connectivity index (χ0v) is 28.0. The van der Waals surface area contributed by atoms with Gasteiger partial charge in [0.15, 0.2) is 0 Å². The Labute approximate surface area is 296 Å². The number of nitrogens with zero attached hydrogens (tertiary/aromatic N) is 4. The molecule has 2 N–H and O–H groups in total. The first-order valence-corrected chi connectivity index (χ1v) is 17.3. The van der Waals surface area contributed by atoms with Crippen LogP contribution >= 0.6 is 22.7 Å². The molecule has 10 nitrogen and oxygen atoms in total. The van der Waals surface area contributed by atoms with Crippen molar-refractivity contribution in [2.24, 2.45) is 9.98 Å². The summed E-state index contributed by atoms with van der Waals surface area (Å²) in [5, 5.41) is 27.4. The standard InChI is InChI=1S/C39H24N4O6S2/c44-34-26-16-24(11-13-30(26)48-36(46)32(34)28-20-50-38(42-28)40-18-22-7-3-1-4-8-22)15-25-12-14-31-27(17-25)35(45)33(37(47)49-31)29-21-51-39(43-29)41-19-23-9-5-2-6-10-23/h1-14,16-21,44-45H,15H2/b40-18-,41-19+. The van der Waals surface area contributed by atoms with E-state index < -0.39 is 11.3 Å². The highest BCUT2D eigenvalue weighted by Crippen LogP contribution is 2.38. The summed E-state index contributed by atoms with van der Waals surface area (Å²) in [6.45, 7) is 0. The zero-order valence-electron chi connectivity index (χ0n) is 26.4. The molecular formula is C39H24N4O6S2. The van der Waals surface area contributed by atoms with Gasteiger partial charge in [-0.2, -0.15) is 0 Å². The number of aromatic nitrogens is 2. The summed E-state index contributed by atoms with van der Waals surface area (Å²) in [6, 6.07) is 29.4. The van der Waals surface area contributed by atoms with Gasteiger partial charge in [-0.1, -0.05) is 72.8 Å². The lowest BCUT2D eigenvalue weighted by atomic mass is 10.00. The van der Waals surface area contributed by atoms with Crippen LogP contribution in [0.5, 0.6) is 11.5 Å². The predicted octanol–water partition coefficient (Wildman–Crippen LogP) is 8.65. The van der Waals surface area contributed by atoms with Crippen LogP contribution in [-0.2, 0) is 6.42 Å². The Morgan fingerprint density at radius 3 is 1.47 bits per heavy atom. The Morgan fingerprint density at radius 1 is 0.608 bits per heavy atom. The summed E-state index contributed by atoms with van der Waals surface area (Å²) in [5.41, 5.74) is 2.83. The van der Waals surface area contributed by atoms with Gasteiger partial charge in [-0.3, -0.25) is 0 Å². The minimum absolute atomic E-state index is 0.0498. The Hall–Kier alpha value is -6.50. The molecule has 248 valence electrons. The average molecular weight is 709 g/mol. The number of aromatic hydroxyl groups is 2. The van der Waals surface area contributed by atoms with Crippen molar-refractivity contribution < 1.29 is 19.0 Å². The number of hydrogen-bond donors (Lipinski definition) is 2. The molecule has 8 aromatic rings. The maximum absolute atomic E-state index is 13.0. The van der Waals surface area contributed by atoms with E-state index in [0.717, 1.165) is 22.3 Å². The summed E-state index contributed by atoms with van der Waals surface area (Å²) in [6.07, 6.45) is 3.74. The van der Waals surface area contributed by atoms with Gasteiger partial charge in [0.1, 0.15) is 33.8 Å². The van der Waals surface area contributed by atoms with E-state index in [4.69, 9.17) is 8.83 Å². The molecule has 0 saturated heterocycles. The highest BCUT2D eigenvalue weighted by atomic mass is 32.1. The second kappa shape index (κ2) is 13.4. The van der Waals surface area contributed by atoms with Crippen LogP contribution < -0.4 is 11.3 Å². The Balaban J connectivity index is 1.08. The molecule has 4 aromatic carbocycles. The lowest BCUT2D eigenvalue weighted by molar-refractivity contribution is 0.470. The third-order valence-corrected chi connectivity index (χ3v) is 9.53. The van der Waals surface area contributed by atoms with Crippen molar-refractivity contribution in [3.05, 3.63) is 151 Å². The van der Waals surface area contributed by atoms with E-state index in [1.165, 1.54) is 22.7 Å². The van der Waals surface area contributed by atoms with E-state index in [1.807, 2.05) is 60.7 Å². The van der Waals surface area contributed by atoms with Crippen LogP contribution in [0.15, 0.2) is 136 Å². The zero-order chi connectivity index (χ0) is 34.9. The van der Waals surface area contributed by atoms with E-state index in [-0.39, 0.29) is 45.2 Å². The number of fused-ring (bicyclic) bond motifs is 2. The van der Waals surface area contributed by atoms with Gasteiger partial charge in [-0.15, -0.1) is 22.7 Å². The lowest BCUT2D eigenvalue weighted by Gasteiger charge is -2.09. The van der Waals surface area contributed by atoms with Crippen molar-refractivity contribution in [2.45, 2.75) is 6.42 Å². The van der Waals surface area contributed by atoms with E-state index in [9.17, 15) is 19.8 Å². The molecule has 0 aliphatic carbocycles. The molecule has 0 aliphatic rings. The fraction of sp³-hybridized carbons (Fsp3) is 0.0256. The predicted molar refractivity (Wildman–Crippen MR) is 201 cm³/mol. The molecule has 0 amide bonds. The van der Waals surface area contributed by atoms with Crippen molar-refractivity contribution in [1.29, 1.82) is 0 Å². The normalized spacial score (nSPS) is 11.8. The summed E-state index contributed by atoms with van der Waals surface area (Å²) >= 11 is 2.48. The molecule has 12 heteroatoms. The van der Waals surface area contributed by atoms with Gasteiger partial charge in [0.25, 0.3) is 0 Å². The Morgan fingerprint density at radius 2 is 1.04 bits per heavy atom. The van der Waals surface area contributed by atoms with Gasteiger partial charge in [0.05, 0.1) is 22.2 Å². The number of thiazole rings is 2. The first-order valence-electron chi connectivity index (χ1n) is 15.6. The monoisotopic (exact) mass is 708 g/mol. The molecule has 0 saturated carbocycles. The van der Waals surface area contributed by atoms with E-state index in [1.54, 1.807) is 59.6 Å². The van der Waals surface area contributed by atoms with Crippen molar-refractivity contribution in [3.63, 3.8) is 0 Å². The Kier molecular flexibility index (Phi) is 8.36. The molecule has 8 rings (SSSR count). The highest BCUT2D eigenvalue weighted by Gasteiger charge is 2.21. The van der Waals surface area contributed by atoms with Crippen LogP contribution in [-0.4, -0.2) is 32.6 Å². The molecule has 51 heavy (non-hydrogen) atoms. The first kappa shape index (κ1) is 31.7. The van der Waals surface area contributed by atoms with E-state index in [0.29, 0.717) is 27.5 Å². The van der Waals surface area contributed by atoms with Gasteiger partial charge >= 0.3 is 11.3 Å². The van der Waals surface area contributed by atoms with E-state index >= 15 is 0 Å². The lowest BCUT2D eigenvalue weighted by Crippen LogP contribution is -2.04. The summed E-state index contributed by atoms with van der Waals surface area (Å²) in [4.78, 5) is 43.6. The fourth-order valence-corrected chi connectivity index (χ4v) is 6.89. The second-order valence-electron chi connectivity index (χ2n) is 11.4. The number of aliphatic imine (C=N–C) groups is 2. The number of hydrogen-bond acceptors (Lipinski definition) is 12. The van der Waals surface area contributed by atoms with Crippen LogP contribution in [0.1, 0.15) is 22.3 Å². The van der Waals surface area contributed by atoms with Crippen LogP contribution in [0.25, 0.3) is 44.5 Å². The van der Waals surface area contributed by atoms with Gasteiger partial charge in [-0.25, -0.2) is 29.5 Å². The van der Waals surface area contributed by atoms with Crippen LogP contribution in [0.4, 0.5) is 10.3 Å². The topological polar surface area (TPSA) is 151 Å². The smallest absolute Gasteiger partial charge is 0.349 e. The minimum atomic E-state index is -0.714. The minimum Gasteiger partial charge on any atom is -0.506 e. The summed E-state index contributed by atoms with van der Waals surface area (Å²) in [7, 11) is 0. The molecular weight excluding hydrogens is 685 g/mol. The summed E-state index contributed by atoms with van der Waals surface area (Å²) < 4.78 is 11.1. The molecule has 0 aliphatic heterocycles. The SMILES string of the molecule is O=c1oc2ccc(Cc3ccc4oc(=O)c(-c5csc(/N=C/c6ccccc6)n5)c(O)c4c3)cc2c(O)c1-c1csc(/N=C\c2ccccc2)n1. The third kappa shape index (κ3) is 6.48. The van der Waals surface area contributed by atoms with Crippen LogP contribution in [0.2, 0.25) is 0 Å². The number of benzene rings is 4. The maximum Gasteiger partial charge on any atom is 0.349 e. The number of rotatable bonds is 8. The molecule has 0 spiro atoms. The van der Waals surface area contributed by atoms with Gasteiger partial charge < -0.3 is 19.0 Å². The summed E-state index contributed by atoms with van der Waals surface area (Å²) in [5.74, 6) is -0.490. The molecule has 0 bridgehead atoms. The van der Waals surface area contributed by atoms with Crippen molar-refractivity contribution >= 4 is 67.3 Å². The molecule has 4 aromatic heterocycles. The van der Waals surface area contributed by atoms with Crippen LogP contribution in [0.3, 0.4) is 0 Å². The van der Waals surface area contributed by atoms with Gasteiger partial charge in [0.2, 0.25) is 10.3 Å². The fourth-order valence-electron chi connectivity index (χ4n) is 5.59. The first-order chi connectivity index (χ1) is 24.9. The van der Waals surface area contributed by atoms with Crippen molar-refractivity contribution in [3.8, 4) is 34.0 Å². The average Bonchev–Trinajstić information content (AvgIpc) is 3.81. The molecule has 0 unspecified atom stereocenters.